The van der Waals surface area contributed by atoms with E-state index in [4.69, 9.17) is 23.2 Å². The number of benzene rings is 3. The maximum Gasteiger partial charge on any atom is 0.430 e. The summed E-state index contributed by atoms with van der Waals surface area (Å²) in [6, 6.07) is 13.2. The Balaban J connectivity index is 1.88. The molecule has 0 aliphatic carbocycles. The number of halogens is 8. The molecular weight excluding hydrogens is 543 g/mol. The summed E-state index contributed by atoms with van der Waals surface area (Å²) in [6.07, 6.45) is -12.0. The Kier molecular flexibility index (Phi) is 8.02. The van der Waals surface area contributed by atoms with Crippen LogP contribution in [0.5, 0.6) is 0 Å². The zero-order valence-corrected chi connectivity index (χ0v) is 20.6. The average molecular weight is 562 g/mol. The fraction of sp³-hybridized carbons (Fsp3) is 0.192. The van der Waals surface area contributed by atoms with E-state index in [1.54, 1.807) is 18.2 Å². The third-order valence-electron chi connectivity index (χ3n) is 5.55. The molecule has 11 heteroatoms. The summed E-state index contributed by atoms with van der Waals surface area (Å²) < 4.78 is 80.0. The van der Waals surface area contributed by atoms with Crippen LogP contribution in [-0.2, 0) is 16.8 Å². The number of anilines is 1. The molecular formula is C26H19Cl2F6NO2. The van der Waals surface area contributed by atoms with Gasteiger partial charge in [-0.05, 0) is 59.5 Å². The lowest BCUT2D eigenvalue weighted by Crippen LogP contribution is -2.53. The van der Waals surface area contributed by atoms with Gasteiger partial charge in [-0.1, -0.05) is 65.7 Å². The topological polar surface area (TPSA) is 49.3 Å². The minimum Gasteiger partial charge on any atom is -0.369 e. The highest BCUT2D eigenvalue weighted by Crippen LogP contribution is 2.50. The summed E-state index contributed by atoms with van der Waals surface area (Å²) in [4.78, 5) is 12.4. The van der Waals surface area contributed by atoms with E-state index < -0.39 is 23.5 Å². The maximum absolute atomic E-state index is 13.3. The van der Waals surface area contributed by atoms with Crippen molar-refractivity contribution in [3.63, 3.8) is 0 Å². The summed E-state index contributed by atoms with van der Waals surface area (Å²) >= 11 is 11.8. The smallest absolute Gasteiger partial charge is 0.369 e. The number of nitrogens with one attached hydrogen (secondary N) is 1. The Morgan fingerprint density at radius 3 is 2.00 bits per heavy atom. The monoisotopic (exact) mass is 561 g/mol. The standard InChI is InChI=1S/C26H19Cl2F6NO2/c1-14(2)20-13-17(24(37,25(29,30)31)26(32,33)34)6-9-19(20)16-4-7-18(8-5-16)35-23(36)12-15-3-10-21(27)22(28)11-15/h3-11,13,37H,1,12H2,2H3,(H,35,36). The summed E-state index contributed by atoms with van der Waals surface area (Å²) in [6.45, 7) is 5.07. The molecule has 3 aromatic rings. The van der Waals surface area contributed by atoms with E-state index in [1.165, 1.54) is 31.2 Å². The van der Waals surface area contributed by atoms with E-state index in [0.717, 1.165) is 6.07 Å². The van der Waals surface area contributed by atoms with Crippen LogP contribution in [0.4, 0.5) is 32.0 Å². The third kappa shape index (κ3) is 5.95. The van der Waals surface area contributed by atoms with Crippen LogP contribution < -0.4 is 5.32 Å². The summed E-state index contributed by atoms with van der Waals surface area (Å²) in [7, 11) is 0. The number of carbonyl (C=O) groups is 1. The minimum absolute atomic E-state index is 0.0131. The third-order valence-corrected chi connectivity index (χ3v) is 6.29. The van der Waals surface area contributed by atoms with Crippen LogP contribution in [0.1, 0.15) is 23.6 Å². The molecule has 1 amide bonds. The van der Waals surface area contributed by atoms with Crippen LogP contribution in [0.2, 0.25) is 10.0 Å². The molecule has 0 radical (unpaired) electrons. The first-order valence-corrected chi connectivity index (χ1v) is 11.3. The molecule has 0 aromatic heterocycles. The normalized spacial score (nSPS) is 12.4. The largest absolute Gasteiger partial charge is 0.430 e. The van der Waals surface area contributed by atoms with Gasteiger partial charge in [-0.25, -0.2) is 0 Å². The van der Waals surface area contributed by atoms with Gasteiger partial charge in [0, 0.05) is 11.3 Å². The van der Waals surface area contributed by atoms with Crippen LogP contribution in [0.15, 0.2) is 67.2 Å². The fourth-order valence-electron chi connectivity index (χ4n) is 3.64. The molecule has 0 fully saturated rings. The van der Waals surface area contributed by atoms with Gasteiger partial charge in [0.25, 0.3) is 5.60 Å². The van der Waals surface area contributed by atoms with Gasteiger partial charge in [-0.15, -0.1) is 0 Å². The highest BCUT2D eigenvalue weighted by atomic mass is 35.5. The molecule has 2 N–H and O–H groups in total. The van der Waals surface area contributed by atoms with Gasteiger partial charge in [0.1, 0.15) is 0 Å². The molecule has 0 spiro atoms. The summed E-state index contributed by atoms with van der Waals surface area (Å²) in [5, 5.41) is 13.1. The van der Waals surface area contributed by atoms with Crippen LogP contribution in [0.25, 0.3) is 16.7 Å². The lowest BCUT2D eigenvalue weighted by molar-refractivity contribution is -0.376. The number of rotatable bonds is 6. The molecule has 0 saturated heterocycles. The number of alkyl halides is 6. The number of carbonyl (C=O) groups excluding carboxylic acids is 1. The number of amides is 1. The van der Waals surface area contributed by atoms with Gasteiger partial charge in [0.15, 0.2) is 0 Å². The molecule has 0 atom stereocenters. The molecule has 37 heavy (non-hydrogen) atoms. The number of allylic oxidation sites excluding steroid dienone is 1. The molecule has 196 valence electrons. The second-order valence-corrected chi connectivity index (χ2v) is 9.11. The van der Waals surface area contributed by atoms with Crippen molar-refractivity contribution in [3.05, 3.63) is 94.0 Å². The van der Waals surface area contributed by atoms with Crippen molar-refractivity contribution in [3.8, 4) is 11.1 Å². The van der Waals surface area contributed by atoms with Crippen molar-refractivity contribution in [1.29, 1.82) is 0 Å². The second-order valence-electron chi connectivity index (χ2n) is 8.30. The lowest BCUT2D eigenvalue weighted by atomic mass is 9.86. The molecule has 3 aromatic carbocycles. The molecule has 0 saturated carbocycles. The lowest BCUT2D eigenvalue weighted by Gasteiger charge is -2.33. The minimum atomic E-state index is -6.00. The molecule has 0 unspecified atom stereocenters. The van der Waals surface area contributed by atoms with Crippen LogP contribution in [0, 0.1) is 0 Å². The van der Waals surface area contributed by atoms with Crippen LogP contribution >= 0.6 is 23.2 Å². The van der Waals surface area contributed by atoms with Crippen molar-refractivity contribution in [2.24, 2.45) is 0 Å². The highest BCUT2D eigenvalue weighted by molar-refractivity contribution is 6.42. The summed E-state index contributed by atoms with van der Waals surface area (Å²) in [5.41, 5.74) is -4.49. The summed E-state index contributed by atoms with van der Waals surface area (Å²) in [5.74, 6) is -0.350. The first-order valence-electron chi connectivity index (χ1n) is 10.5. The van der Waals surface area contributed by atoms with E-state index in [1.807, 2.05) is 0 Å². The number of aliphatic hydroxyl groups is 1. The zero-order valence-electron chi connectivity index (χ0n) is 19.1. The Morgan fingerprint density at radius 2 is 1.49 bits per heavy atom. The molecule has 0 aliphatic rings. The zero-order chi connectivity index (χ0) is 27.8. The molecule has 0 heterocycles. The van der Waals surface area contributed by atoms with E-state index in [2.05, 4.69) is 11.9 Å². The Hall–Kier alpha value is -3.01. The van der Waals surface area contributed by atoms with Crippen LogP contribution in [0.3, 0.4) is 0 Å². The molecule has 0 bridgehead atoms. The second kappa shape index (κ2) is 10.4. The van der Waals surface area contributed by atoms with E-state index in [0.29, 0.717) is 39.0 Å². The Labute approximate surface area is 218 Å². The van der Waals surface area contributed by atoms with Gasteiger partial charge in [0.2, 0.25) is 5.91 Å². The highest BCUT2D eigenvalue weighted by Gasteiger charge is 2.71. The van der Waals surface area contributed by atoms with Gasteiger partial charge in [0.05, 0.1) is 16.5 Å². The fourth-order valence-corrected chi connectivity index (χ4v) is 3.96. The number of hydrogen-bond donors (Lipinski definition) is 2. The molecule has 0 aliphatic heterocycles. The van der Waals surface area contributed by atoms with Gasteiger partial charge >= 0.3 is 12.4 Å². The SMILES string of the molecule is C=C(C)c1cc(C(O)(C(F)(F)F)C(F)(F)F)ccc1-c1ccc(NC(=O)Cc2ccc(Cl)c(Cl)c2)cc1. The van der Waals surface area contributed by atoms with Gasteiger partial charge in [-0.3, -0.25) is 4.79 Å². The van der Waals surface area contributed by atoms with Crippen molar-refractivity contribution in [1.82, 2.24) is 0 Å². The van der Waals surface area contributed by atoms with Crippen molar-refractivity contribution < 1.29 is 36.2 Å². The van der Waals surface area contributed by atoms with Crippen molar-refractivity contribution >= 4 is 40.4 Å². The van der Waals surface area contributed by atoms with Crippen molar-refractivity contribution in [2.45, 2.75) is 31.3 Å². The average Bonchev–Trinajstić information content (AvgIpc) is 2.79. The van der Waals surface area contributed by atoms with Crippen molar-refractivity contribution in [2.75, 3.05) is 5.32 Å². The number of hydrogen-bond acceptors (Lipinski definition) is 2. The Morgan fingerprint density at radius 1 is 0.892 bits per heavy atom. The van der Waals surface area contributed by atoms with E-state index in [9.17, 15) is 36.2 Å². The van der Waals surface area contributed by atoms with Crippen LogP contribution in [-0.4, -0.2) is 23.4 Å². The predicted molar refractivity (Wildman–Crippen MR) is 131 cm³/mol. The van der Waals surface area contributed by atoms with Gasteiger partial charge in [-0.2, -0.15) is 26.3 Å². The van der Waals surface area contributed by atoms with Gasteiger partial charge < -0.3 is 10.4 Å². The molecule has 3 rings (SSSR count). The Bertz CT molecular complexity index is 1320. The quantitative estimate of drug-likeness (QED) is 0.298. The predicted octanol–water partition coefficient (Wildman–Crippen LogP) is 8.19. The first-order chi connectivity index (χ1) is 17.0. The van der Waals surface area contributed by atoms with E-state index in [-0.39, 0.29) is 29.0 Å². The molecule has 3 nitrogen and oxygen atoms in total. The van der Waals surface area contributed by atoms with E-state index >= 15 is 0 Å². The first kappa shape index (κ1) is 28.6. The maximum atomic E-state index is 13.3.